The third-order valence-corrected chi connectivity index (χ3v) is 1.74. The van der Waals surface area contributed by atoms with Gasteiger partial charge in [0, 0.05) is 27.2 Å². The van der Waals surface area contributed by atoms with Gasteiger partial charge in [-0.1, -0.05) is 6.92 Å². The molecule has 1 N–H and O–H groups in total. The summed E-state index contributed by atoms with van der Waals surface area (Å²) in [6.07, 6.45) is 1.52. The minimum atomic E-state index is -0.128. The molecular formula is C8H18O3. The normalized spacial score (nSPS) is 13.9. The van der Waals surface area contributed by atoms with E-state index in [4.69, 9.17) is 14.6 Å². The lowest BCUT2D eigenvalue weighted by atomic mass is 10.0. The molecule has 3 nitrogen and oxygen atoms in total. The van der Waals surface area contributed by atoms with Crippen molar-refractivity contribution < 1.29 is 14.6 Å². The Hall–Kier alpha value is -0.120. The number of methoxy groups -OCH3 is 2. The monoisotopic (exact) mass is 162 g/mol. The zero-order chi connectivity index (χ0) is 8.69. The van der Waals surface area contributed by atoms with E-state index in [1.54, 1.807) is 14.2 Å². The minimum Gasteiger partial charge on any atom is -0.396 e. The lowest BCUT2D eigenvalue weighted by Gasteiger charge is -2.17. The summed E-state index contributed by atoms with van der Waals surface area (Å²) in [5.41, 5.74) is 0. The van der Waals surface area contributed by atoms with Gasteiger partial charge in [0.25, 0.3) is 0 Å². The van der Waals surface area contributed by atoms with Crippen molar-refractivity contribution >= 4 is 0 Å². The molecule has 1 atom stereocenters. The van der Waals surface area contributed by atoms with Crippen molar-refractivity contribution in [3.63, 3.8) is 0 Å². The average Bonchev–Trinajstić information content (AvgIpc) is 2.01. The number of ether oxygens (including phenoxy) is 2. The van der Waals surface area contributed by atoms with Gasteiger partial charge in [-0.05, 0) is 12.3 Å². The first-order valence-electron chi connectivity index (χ1n) is 3.91. The maximum Gasteiger partial charge on any atom is 0.157 e. The molecule has 0 aliphatic carbocycles. The van der Waals surface area contributed by atoms with Crippen molar-refractivity contribution in [1.82, 2.24) is 0 Å². The Kier molecular flexibility index (Phi) is 6.51. The highest BCUT2D eigenvalue weighted by molar-refractivity contribution is 4.54. The minimum absolute atomic E-state index is 0.128. The van der Waals surface area contributed by atoms with Crippen molar-refractivity contribution in [3.8, 4) is 0 Å². The van der Waals surface area contributed by atoms with Crippen LogP contribution in [0.15, 0.2) is 0 Å². The molecule has 0 unspecified atom stereocenters. The summed E-state index contributed by atoms with van der Waals surface area (Å²) in [7, 11) is 3.25. The Balaban J connectivity index is 3.44. The molecule has 0 aromatic heterocycles. The van der Waals surface area contributed by atoms with E-state index in [0.717, 1.165) is 12.8 Å². The Bertz CT molecular complexity index is 81.4. The first-order chi connectivity index (χ1) is 5.24. The maximum atomic E-state index is 8.61. The zero-order valence-electron chi connectivity index (χ0n) is 7.54. The van der Waals surface area contributed by atoms with Crippen LogP contribution in [0.3, 0.4) is 0 Å². The number of aliphatic hydroxyl groups excluding tert-OH is 1. The number of hydrogen-bond donors (Lipinski definition) is 1. The third-order valence-electron chi connectivity index (χ3n) is 1.74. The molecule has 68 valence electrons. The highest BCUT2D eigenvalue weighted by Gasteiger charge is 2.10. The smallest absolute Gasteiger partial charge is 0.157 e. The maximum absolute atomic E-state index is 8.61. The van der Waals surface area contributed by atoms with Gasteiger partial charge in [0.2, 0.25) is 0 Å². The summed E-state index contributed by atoms with van der Waals surface area (Å²) in [6, 6.07) is 0. The van der Waals surface area contributed by atoms with Crippen LogP contribution in [-0.2, 0) is 9.47 Å². The fourth-order valence-electron chi connectivity index (χ4n) is 0.955. The highest BCUT2D eigenvalue weighted by atomic mass is 16.7. The Morgan fingerprint density at radius 3 is 2.18 bits per heavy atom. The van der Waals surface area contributed by atoms with Crippen molar-refractivity contribution in [1.29, 1.82) is 0 Å². The van der Waals surface area contributed by atoms with E-state index in [9.17, 15) is 0 Å². The topological polar surface area (TPSA) is 38.7 Å². The zero-order valence-corrected chi connectivity index (χ0v) is 7.54. The van der Waals surface area contributed by atoms with Gasteiger partial charge in [0.15, 0.2) is 6.29 Å². The van der Waals surface area contributed by atoms with Crippen LogP contribution in [0, 0.1) is 5.92 Å². The van der Waals surface area contributed by atoms with Crippen LogP contribution in [-0.4, -0.2) is 32.2 Å². The molecule has 0 spiro atoms. The summed E-state index contributed by atoms with van der Waals surface area (Å²) in [5, 5.41) is 8.61. The molecule has 0 fully saturated rings. The highest BCUT2D eigenvalue weighted by Crippen LogP contribution is 2.11. The van der Waals surface area contributed by atoms with E-state index in [0.29, 0.717) is 5.92 Å². The van der Waals surface area contributed by atoms with E-state index in [-0.39, 0.29) is 12.9 Å². The molecule has 0 aromatic rings. The molecule has 0 aromatic carbocycles. The van der Waals surface area contributed by atoms with Gasteiger partial charge in [-0.25, -0.2) is 0 Å². The predicted octanol–water partition coefficient (Wildman–Crippen LogP) is 1.01. The number of rotatable bonds is 6. The van der Waals surface area contributed by atoms with Crippen molar-refractivity contribution in [2.24, 2.45) is 5.92 Å². The molecule has 3 heteroatoms. The quantitative estimate of drug-likeness (QED) is 0.592. The Labute approximate surface area is 68.3 Å². The van der Waals surface area contributed by atoms with E-state index in [1.165, 1.54) is 0 Å². The molecular weight excluding hydrogens is 144 g/mol. The second-order valence-electron chi connectivity index (χ2n) is 2.75. The van der Waals surface area contributed by atoms with Crippen LogP contribution in [0.1, 0.15) is 19.8 Å². The van der Waals surface area contributed by atoms with Gasteiger partial charge < -0.3 is 14.6 Å². The summed E-state index contributed by atoms with van der Waals surface area (Å²) in [5.74, 6) is 0.449. The molecule has 0 amide bonds. The molecule has 0 saturated carbocycles. The van der Waals surface area contributed by atoms with Gasteiger partial charge >= 0.3 is 0 Å². The third kappa shape index (κ3) is 5.18. The van der Waals surface area contributed by atoms with Crippen LogP contribution in [0.4, 0.5) is 0 Å². The Morgan fingerprint density at radius 1 is 1.27 bits per heavy atom. The summed E-state index contributed by atoms with van der Waals surface area (Å²) in [4.78, 5) is 0. The molecule has 0 aliphatic rings. The first-order valence-corrected chi connectivity index (χ1v) is 3.91. The van der Waals surface area contributed by atoms with E-state index in [1.807, 2.05) is 0 Å². The second-order valence-corrected chi connectivity index (χ2v) is 2.75. The number of aliphatic hydroxyl groups is 1. The molecule has 11 heavy (non-hydrogen) atoms. The average molecular weight is 162 g/mol. The first kappa shape index (κ1) is 10.9. The number of hydrogen-bond acceptors (Lipinski definition) is 3. The Morgan fingerprint density at radius 2 is 1.82 bits per heavy atom. The molecule has 0 aliphatic heterocycles. The van der Waals surface area contributed by atoms with Gasteiger partial charge in [-0.2, -0.15) is 0 Å². The van der Waals surface area contributed by atoms with Crippen molar-refractivity contribution in [2.75, 3.05) is 20.8 Å². The van der Waals surface area contributed by atoms with Gasteiger partial charge in [-0.15, -0.1) is 0 Å². The fraction of sp³-hybridized carbons (Fsp3) is 1.00. The van der Waals surface area contributed by atoms with E-state index < -0.39 is 0 Å². The van der Waals surface area contributed by atoms with Gasteiger partial charge in [0.1, 0.15) is 0 Å². The predicted molar refractivity (Wildman–Crippen MR) is 43.3 cm³/mol. The SMILES string of the molecule is COC(C[C@@H](C)CCO)OC. The van der Waals surface area contributed by atoms with Gasteiger partial charge in [-0.3, -0.25) is 0 Å². The lowest BCUT2D eigenvalue weighted by Crippen LogP contribution is -2.17. The van der Waals surface area contributed by atoms with Crippen molar-refractivity contribution in [2.45, 2.75) is 26.1 Å². The largest absolute Gasteiger partial charge is 0.396 e. The molecule has 0 heterocycles. The second kappa shape index (κ2) is 6.58. The van der Waals surface area contributed by atoms with E-state index >= 15 is 0 Å². The summed E-state index contributed by atoms with van der Waals surface area (Å²) < 4.78 is 10.0. The van der Waals surface area contributed by atoms with Crippen LogP contribution < -0.4 is 0 Å². The van der Waals surface area contributed by atoms with Crippen LogP contribution in [0.5, 0.6) is 0 Å². The van der Waals surface area contributed by atoms with Crippen LogP contribution in [0.25, 0.3) is 0 Å². The molecule has 0 radical (unpaired) electrons. The van der Waals surface area contributed by atoms with Crippen LogP contribution >= 0.6 is 0 Å². The fourth-order valence-corrected chi connectivity index (χ4v) is 0.955. The molecule has 0 bridgehead atoms. The summed E-state index contributed by atoms with van der Waals surface area (Å²) >= 11 is 0. The lowest BCUT2D eigenvalue weighted by molar-refractivity contribution is -0.113. The van der Waals surface area contributed by atoms with Crippen LogP contribution in [0.2, 0.25) is 0 Å². The molecule has 0 rings (SSSR count). The standard InChI is InChI=1S/C8H18O3/c1-7(4-5-9)6-8(10-2)11-3/h7-9H,4-6H2,1-3H3/t7-/m0/s1. The molecule has 0 saturated heterocycles. The van der Waals surface area contributed by atoms with Gasteiger partial charge in [0.05, 0.1) is 0 Å². The summed E-state index contributed by atoms with van der Waals surface area (Å²) in [6.45, 7) is 2.31. The van der Waals surface area contributed by atoms with E-state index in [2.05, 4.69) is 6.92 Å². The van der Waals surface area contributed by atoms with Crippen molar-refractivity contribution in [3.05, 3.63) is 0 Å².